The first-order valence-electron chi connectivity index (χ1n) is 11.4. The number of phenolic OH excluding ortho intramolecular Hbond substituents is 1. The number of ketones is 5. The minimum Gasteiger partial charge on any atom is -0.507 e. The van der Waals surface area contributed by atoms with Gasteiger partial charge in [0.2, 0.25) is 0 Å². The van der Waals surface area contributed by atoms with Gasteiger partial charge in [0.15, 0.2) is 28.7 Å². The summed E-state index contributed by atoms with van der Waals surface area (Å²) in [6.07, 6.45) is 0.122. The van der Waals surface area contributed by atoms with Gasteiger partial charge >= 0.3 is 0 Å². The number of aromatic hydroxyl groups is 1. The van der Waals surface area contributed by atoms with Crippen molar-refractivity contribution in [2.24, 2.45) is 23.7 Å². The molecular weight excluding hydrogens is 436 g/mol. The summed E-state index contributed by atoms with van der Waals surface area (Å²) in [4.78, 5) is 64.6. The zero-order chi connectivity index (χ0) is 24.5. The quantitative estimate of drug-likeness (QED) is 0.659. The highest BCUT2D eigenvalue weighted by Crippen LogP contribution is 2.51. The predicted octanol–water partition coefficient (Wildman–Crippen LogP) is 2.41. The molecule has 34 heavy (non-hydrogen) atoms. The molecule has 0 spiro atoms. The van der Waals surface area contributed by atoms with Gasteiger partial charge < -0.3 is 10.2 Å². The van der Waals surface area contributed by atoms with Crippen molar-refractivity contribution in [3.63, 3.8) is 0 Å². The van der Waals surface area contributed by atoms with Gasteiger partial charge in [-0.25, -0.2) is 0 Å². The minimum absolute atomic E-state index is 0.0252. The minimum atomic E-state index is -2.55. The molecule has 2 aromatic rings. The van der Waals surface area contributed by atoms with Gasteiger partial charge in [0.25, 0.3) is 0 Å². The van der Waals surface area contributed by atoms with Crippen molar-refractivity contribution in [1.82, 2.24) is 0 Å². The van der Waals surface area contributed by atoms with Crippen LogP contribution in [-0.4, -0.2) is 44.7 Å². The summed E-state index contributed by atoms with van der Waals surface area (Å²) in [6.45, 7) is 3.04. The third kappa shape index (κ3) is 2.96. The molecule has 3 aliphatic carbocycles. The number of carbonyl (C=O) groups excluding carboxylic acids is 5. The van der Waals surface area contributed by atoms with Gasteiger partial charge in [0, 0.05) is 12.3 Å². The average Bonchev–Trinajstić information content (AvgIpc) is 2.77. The van der Waals surface area contributed by atoms with Crippen molar-refractivity contribution in [1.29, 1.82) is 0 Å². The Morgan fingerprint density at radius 1 is 0.971 bits per heavy atom. The highest BCUT2D eigenvalue weighted by molar-refractivity contribution is 6.31. The first kappa shape index (κ1) is 22.3. The van der Waals surface area contributed by atoms with E-state index in [1.165, 1.54) is 6.07 Å². The van der Waals surface area contributed by atoms with Crippen molar-refractivity contribution in [3.05, 3.63) is 53.1 Å². The normalized spacial score (nSPS) is 30.4. The van der Waals surface area contributed by atoms with E-state index < -0.39 is 58.2 Å². The second-order valence-electron chi connectivity index (χ2n) is 9.80. The van der Waals surface area contributed by atoms with Gasteiger partial charge in [-0.15, -0.1) is 0 Å². The predicted molar refractivity (Wildman–Crippen MR) is 120 cm³/mol. The van der Waals surface area contributed by atoms with Gasteiger partial charge in [-0.05, 0) is 55.4 Å². The number of carbonyl (C=O) groups is 5. The Morgan fingerprint density at radius 3 is 2.29 bits per heavy atom. The van der Waals surface area contributed by atoms with E-state index in [0.717, 1.165) is 23.6 Å². The molecular formula is C27H24O7. The molecule has 0 heterocycles. The number of aliphatic hydroxyl groups is 1. The summed E-state index contributed by atoms with van der Waals surface area (Å²) in [5.41, 5.74) is 0.781. The lowest BCUT2D eigenvalue weighted by molar-refractivity contribution is -0.175. The molecule has 3 aliphatic rings. The van der Waals surface area contributed by atoms with E-state index >= 15 is 0 Å². The van der Waals surface area contributed by atoms with Crippen LogP contribution in [0, 0.1) is 30.6 Å². The maximum atomic E-state index is 13.6. The Hall–Kier alpha value is -3.45. The van der Waals surface area contributed by atoms with Gasteiger partial charge in [-0.1, -0.05) is 35.9 Å². The van der Waals surface area contributed by atoms with Crippen LogP contribution in [-0.2, 0) is 25.6 Å². The standard InChI is InChI=1S/C27H24O7/c1-12-3-5-14(6-4-12)17-7-8-19(29)23-18(17)10-15-9-16-11-20(30)21(13(2)28)25(32)27(16,34)26(33)22(15)24(23)31/h3-8,15-16,21-22,29,34H,9-11H2,1-2H3. The van der Waals surface area contributed by atoms with E-state index in [2.05, 4.69) is 0 Å². The zero-order valence-corrected chi connectivity index (χ0v) is 18.8. The van der Waals surface area contributed by atoms with E-state index in [4.69, 9.17) is 0 Å². The monoisotopic (exact) mass is 460 g/mol. The third-order valence-electron chi connectivity index (χ3n) is 7.77. The summed E-state index contributed by atoms with van der Waals surface area (Å²) >= 11 is 0. The van der Waals surface area contributed by atoms with Crippen LogP contribution in [0.5, 0.6) is 5.75 Å². The van der Waals surface area contributed by atoms with Gasteiger partial charge in [0.1, 0.15) is 17.5 Å². The van der Waals surface area contributed by atoms with Crippen molar-refractivity contribution >= 4 is 28.9 Å². The lowest BCUT2D eigenvalue weighted by Crippen LogP contribution is -2.67. The summed E-state index contributed by atoms with van der Waals surface area (Å²) in [5.74, 6) is -8.83. The van der Waals surface area contributed by atoms with Crippen LogP contribution in [0.25, 0.3) is 11.1 Å². The number of aryl methyl sites for hydroxylation is 1. The van der Waals surface area contributed by atoms with Crippen LogP contribution in [0.2, 0.25) is 0 Å². The topological polar surface area (TPSA) is 126 Å². The van der Waals surface area contributed by atoms with E-state index in [9.17, 15) is 34.2 Å². The smallest absolute Gasteiger partial charge is 0.190 e. The number of rotatable bonds is 2. The number of benzene rings is 2. The molecule has 5 unspecified atom stereocenters. The lowest BCUT2D eigenvalue weighted by Gasteiger charge is -2.48. The first-order valence-corrected chi connectivity index (χ1v) is 11.4. The molecule has 0 aromatic heterocycles. The highest BCUT2D eigenvalue weighted by Gasteiger charge is 2.65. The lowest BCUT2D eigenvalue weighted by atomic mass is 9.53. The Balaban J connectivity index is 1.61. The van der Waals surface area contributed by atoms with E-state index in [-0.39, 0.29) is 30.6 Å². The van der Waals surface area contributed by atoms with Crippen LogP contribution in [0.3, 0.4) is 0 Å². The summed E-state index contributed by atoms with van der Waals surface area (Å²) < 4.78 is 0. The third-order valence-corrected chi connectivity index (χ3v) is 7.77. The SMILES string of the molecule is CC(=O)C1C(=O)CC2CC3Cc4c(-c5ccc(C)cc5)ccc(O)c4C(=O)C3C(=O)C2(O)C1=O. The highest BCUT2D eigenvalue weighted by atomic mass is 16.3. The molecule has 0 aliphatic heterocycles. The Morgan fingerprint density at radius 2 is 1.65 bits per heavy atom. The van der Waals surface area contributed by atoms with Crippen molar-refractivity contribution in [2.75, 3.05) is 0 Å². The van der Waals surface area contributed by atoms with Crippen molar-refractivity contribution in [3.8, 4) is 16.9 Å². The Bertz CT molecular complexity index is 1290. The number of Topliss-reactive ketones (excluding diaryl/α,β-unsaturated/α-hetero) is 5. The van der Waals surface area contributed by atoms with E-state index in [0.29, 0.717) is 5.56 Å². The molecule has 2 saturated carbocycles. The van der Waals surface area contributed by atoms with Crippen LogP contribution in [0.15, 0.2) is 36.4 Å². The second-order valence-corrected chi connectivity index (χ2v) is 9.80. The van der Waals surface area contributed by atoms with Gasteiger partial charge in [0.05, 0.1) is 11.5 Å². The molecule has 0 saturated heterocycles. The summed E-state index contributed by atoms with van der Waals surface area (Å²) in [6, 6.07) is 10.9. The number of hydrogen-bond donors (Lipinski definition) is 2. The van der Waals surface area contributed by atoms with E-state index in [1.54, 1.807) is 6.07 Å². The largest absolute Gasteiger partial charge is 0.507 e. The molecule has 7 nitrogen and oxygen atoms in total. The van der Waals surface area contributed by atoms with Crippen LogP contribution in [0.1, 0.15) is 41.3 Å². The van der Waals surface area contributed by atoms with Crippen molar-refractivity contribution in [2.45, 2.75) is 38.7 Å². The average molecular weight is 460 g/mol. The fraction of sp³-hybridized carbons (Fsp3) is 0.370. The molecule has 2 fully saturated rings. The Labute approximate surface area is 195 Å². The summed E-state index contributed by atoms with van der Waals surface area (Å²) in [7, 11) is 0. The molecule has 2 N–H and O–H groups in total. The molecule has 5 rings (SSSR count). The molecule has 7 heteroatoms. The van der Waals surface area contributed by atoms with E-state index in [1.807, 2.05) is 31.2 Å². The van der Waals surface area contributed by atoms with Crippen LogP contribution < -0.4 is 0 Å². The molecule has 174 valence electrons. The molecule has 0 bridgehead atoms. The molecule has 5 atom stereocenters. The van der Waals surface area contributed by atoms with Crippen LogP contribution >= 0.6 is 0 Å². The van der Waals surface area contributed by atoms with Crippen molar-refractivity contribution < 1.29 is 34.2 Å². The fourth-order valence-electron chi connectivity index (χ4n) is 6.09. The second kappa shape index (κ2) is 7.53. The van der Waals surface area contributed by atoms with Gasteiger partial charge in [-0.3, -0.25) is 24.0 Å². The maximum absolute atomic E-state index is 13.6. The maximum Gasteiger partial charge on any atom is 0.190 e. The Kier molecular flexibility index (Phi) is 4.95. The molecule has 0 radical (unpaired) electrons. The molecule has 2 aromatic carbocycles. The summed E-state index contributed by atoms with van der Waals surface area (Å²) in [5, 5.41) is 21.8. The number of hydrogen-bond acceptors (Lipinski definition) is 7. The number of fused-ring (bicyclic) bond motifs is 3. The van der Waals surface area contributed by atoms with Gasteiger partial charge in [-0.2, -0.15) is 0 Å². The van der Waals surface area contributed by atoms with Crippen LogP contribution in [0.4, 0.5) is 0 Å². The molecule has 0 amide bonds. The fourth-order valence-corrected chi connectivity index (χ4v) is 6.09. The number of phenols is 1. The first-order chi connectivity index (χ1) is 16.1. The zero-order valence-electron chi connectivity index (χ0n) is 18.8.